The Bertz CT molecular complexity index is 902. The van der Waals surface area contributed by atoms with E-state index in [-0.39, 0.29) is 18.6 Å². The van der Waals surface area contributed by atoms with Crippen molar-refractivity contribution in [2.24, 2.45) is 5.92 Å². The fourth-order valence-corrected chi connectivity index (χ4v) is 4.87. The van der Waals surface area contributed by atoms with Crippen molar-refractivity contribution in [2.45, 2.75) is 64.7 Å². The molecule has 1 fully saturated rings. The molecule has 10 nitrogen and oxygen atoms in total. The van der Waals surface area contributed by atoms with Gasteiger partial charge in [0.1, 0.15) is 18.4 Å². The smallest absolute Gasteiger partial charge is 0.410 e. The predicted octanol–water partition coefficient (Wildman–Crippen LogP) is 4.76. The zero-order chi connectivity index (χ0) is 26.8. The highest BCUT2D eigenvalue weighted by molar-refractivity contribution is 7.54. The van der Waals surface area contributed by atoms with Crippen molar-refractivity contribution in [3.63, 3.8) is 0 Å². The van der Waals surface area contributed by atoms with Crippen LogP contribution in [-0.4, -0.2) is 68.0 Å². The van der Waals surface area contributed by atoms with Gasteiger partial charge in [-0.3, -0.25) is 9.36 Å². The van der Waals surface area contributed by atoms with Crippen molar-refractivity contribution >= 4 is 25.6 Å². The molecule has 11 heteroatoms. The molecule has 1 aromatic carbocycles. The van der Waals surface area contributed by atoms with Crippen molar-refractivity contribution in [3.8, 4) is 0 Å². The SMILES string of the molecule is COP(=O)(CC(=O)[C@H](CCC1CCN(C(=O)OC(C)(C)C)CC1)NC(=O)OCc1ccccc1)OC. The molecule has 36 heavy (non-hydrogen) atoms. The van der Waals surface area contributed by atoms with Gasteiger partial charge >= 0.3 is 19.8 Å². The largest absolute Gasteiger partial charge is 0.445 e. The molecular formula is C25H39N2O8P. The molecule has 0 spiro atoms. The molecule has 1 aromatic rings. The lowest BCUT2D eigenvalue weighted by molar-refractivity contribution is -0.119. The average molecular weight is 527 g/mol. The molecule has 0 radical (unpaired) electrons. The summed E-state index contributed by atoms with van der Waals surface area (Å²) >= 11 is 0. The molecule has 1 aliphatic heterocycles. The maximum atomic E-state index is 13.0. The van der Waals surface area contributed by atoms with Crippen molar-refractivity contribution < 1.29 is 37.5 Å². The van der Waals surface area contributed by atoms with Gasteiger partial charge in [0.05, 0.1) is 6.04 Å². The quantitative estimate of drug-likeness (QED) is 0.410. The summed E-state index contributed by atoms with van der Waals surface area (Å²) in [6.07, 6.45) is 0.973. The highest BCUT2D eigenvalue weighted by atomic mass is 31.2. The van der Waals surface area contributed by atoms with Gasteiger partial charge in [-0.2, -0.15) is 0 Å². The van der Waals surface area contributed by atoms with Crippen LogP contribution in [0.1, 0.15) is 52.0 Å². The molecule has 0 bridgehead atoms. The molecule has 0 aromatic heterocycles. The second-order valence-corrected chi connectivity index (χ2v) is 12.1. The van der Waals surface area contributed by atoms with Gasteiger partial charge < -0.3 is 28.7 Å². The first-order chi connectivity index (χ1) is 16.9. The van der Waals surface area contributed by atoms with E-state index in [1.807, 2.05) is 51.1 Å². The van der Waals surface area contributed by atoms with E-state index in [1.165, 1.54) is 14.2 Å². The van der Waals surface area contributed by atoms with E-state index >= 15 is 0 Å². The van der Waals surface area contributed by atoms with Gasteiger partial charge in [-0.15, -0.1) is 0 Å². The van der Waals surface area contributed by atoms with E-state index in [0.717, 1.165) is 18.4 Å². The number of amides is 2. The fraction of sp³-hybridized carbons (Fsp3) is 0.640. The summed E-state index contributed by atoms with van der Waals surface area (Å²) in [5, 5.41) is 2.62. The minimum atomic E-state index is -3.59. The number of piperidine rings is 1. The highest BCUT2D eigenvalue weighted by Crippen LogP contribution is 2.46. The molecular weight excluding hydrogens is 487 g/mol. The molecule has 0 aliphatic carbocycles. The lowest BCUT2D eigenvalue weighted by atomic mass is 9.90. The average Bonchev–Trinajstić information content (AvgIpc) is 2.85. The van der Waals surface area contributed by atoms with Gasteiger partial charge in [-0.1, -0.05) is 30.3 Å². The summed E-state index contributed by atoms with van der Waals surface area (Å²) in [6.45, 7) is 6.68. The highest BCUT2D eigenvalue weighted by Gasteiger charge is 2.33. The second kappa shape index (κ2) is 13.8. The Morgan fingerprint density at radius 1 is 1.08 bits per heavy atom. The van der Waals surface area contributed by atoms with E-state index < -0.39 is 37.3 Å². The van der Waals surface area contributed by atoms with Crippen molar-refractivity contribution in [3.05, 3.63) is 35.9 Å². The third kappa shape index (κ3) is 10.3. The maximum Gasteiger partial charge on any atom is 0.410 e. The topological polar surface area (TPSA) is 120 Å². The summed E-state index contributed by atoms with van der Waals surface area (Å²) < 4.78 is 33.0. The molecule has 1 heterocycles. The van der Waals surface area contributed by atoms with E-state index in [1.54, 1.807) is 4.90 Å². The number of hydrogen-bond donors (Lipinski definition) is 1. The number of alkyl carbamates (subject to hydrolysis) is 1. The summed E-state index contributed by atoms with van der Waals surface area (Å²) in [6, 6.07) is 8.28. The van der Waals surface area contributed by atoms with Crippen LogP contribution in [0, 0.1) is 5.92 Å². The fourth-order valence-electron chi connectivity index (χ4n) is 3.86. The van der Waals surface area contributed by atoms with Gasteiger partial charge in [0.2, 0.25) is 0 Å². The number of carbonyl (C=O) groups is 3. The first-order valence-corrected chi connectivity index (χ1v) is 13.9. The number of benzene rings is 1. The summed E-state index contributed by atoms with van der Waals surface area (Å²) in [7, 11) is -1.16. The first-order valence-electron chi connectivity index (χ1n) is 12.1. The van der Waals surface area contributed by atoms with Crippen LogP contribution >= 0.6 is 7.60 Å². The van der Waals surface area contributed by atoms with Crippen LogP contribution in [0.5, 0.6) is 0 Å². The van der Waals surface area contributed by atoms with Gasteiger partial charge in [0, 0.05) is 27.3 Å². The number of rotatable bonds is 11. The molecule has 2 amide bonds. The number of Topliss-reactive ketones (excluding diaryl/α,β-unsaturated/α-hetero) is 1. The molecule has 1 N–H and O–H groups in total. The summed E-state index contributed by atoms with van der Waals surface area (Å²) in [4.78, 5) is 39.4. The number of carbonyl (C=O) groups excluding carboxylic acids is 3. The number of likely N-dealkylation sites (tertiary alicyclic amines) is 1. The Hall–Kier alpha value is -2.42. The minimum Gasteiger partial charge on any atom is -0.445 e. The van der Waals surface area contributed by atoms with Crippen molar-refractivity contribution in [1.29, 1.82) is 0 Å². The van der Waals surface area contributed by atoms with Crippen LogP contribution in [0.3, 0.4) is 0 Å². The second-order valence-electron chi connectivity index (χ2n) is 9.85. The predicted molar refractivity (Wildman–Crippen MR) is 135 cm³/mol. The Balaban J connectivity index is 1.94. The zero-order valence-electron chi connectivity index (χ0n) is 21.9. The Labute approximate surface area is 213 Å². The molecule has 1 saturated heterocycles. The van der Waals surface area contributed by atoms with E-state index in [4.69, 9.17) is 18.5 Å². The number of nitrogens with one attached hydrogen (secondary N) is 1. The van der Waals surface area contributed by atoms with Crippen molar-refractivity contribution in [1.82, 2.24) is 10.2 Å². The zero-order valence-corrected chi connectivity index (χ0v) is 22.8. The number of ether oxygens (including phenoxy) is 2. The molecule has 2 rings (SSSR count). The summed E-state index contributed by atoms with van der Waals surface area (Å²) in [5.74, 6) is -0.192. The Morgan fingerprint density at radius 2 is 1.69 bits per heavy atom. The maximum absolute atomic E-state index is 13.0. The van der Waals surface area contributed by atoms with Gasteiger partial charge in [-0.25, -0.2) is 9.59 Å². The summed E-state index contributed by atoms with van der Waals surface area (Å²) in [5.41, 5.74) is 0.266. The van der Waals surface area contributed by atoms with Crippen LogP contribution in [0.25, 0.3) is 0 Å². The number of ketones is 1. The molecule has 202 valence electrons. The molecule has 1 atom stereocenters. The van der Waals surface area contributed by atoms with E-state index in [9.17, 15) is 18.9 Å². The van der Waals surface area contributed by atoms with Crippen LogP contribution < -0.4 is 5.32 Å². The van der Waals surface area contributed by atoms with E-state index in [2.05, 4.69) is 5.32 Å². The van der Waals surface area contributed by atoms with Gasteiger partial charge in [0.15, 0.2) is 5.78 Å². The lowest BCUT2D eigenvalue weighted by Crippen LogP contribution is -2.44. The van der Waals surface area contributed by atoms with Crippen LogP contribution in [0.2, 0.25) is 0 Å². The molecule has 1 aliphatic rings. The third-order valence-corrected chi connectivity index (χ3v) is 7.74. The van der Waals surface area contributed by atoms with Crippen LogP contribution in [0.15, 0.2) is 30.3 Å². The number of hydrogen-bond acceptors (Lipinski definition) is 8. The minimum absolute atomic E-state index is 0.0609. The van der Waals surface area contributed by atoms with E-state index in [0.29, 0.717) is 25.9 Å². The van der Waals surface area contributed by atoms with Crippen molar-refractivity contribution in [2.75, 3.05) is 33.5 Å². The van der Waals surface area contributed by atoms with Crippen LogP contribution in [0.4, 0.5) is 9.59 Å². The number of nitrogens with zero attached hydrogens (tertiary/aromatic N) is 1. The Kier molecular flexibility index (Phi) is 11.4. The lowest BCUT2D eigenvalue weighted by Gasteiger charge is -2.34. The van der Waals surface area contributed by atoms with Gasteiger partial charge in [0.25, 0.3) is 0 Å². The van der Waals surface area contributed by atoms with Gasteiger partial charge in [-0.05, 0) is 57.9 Å². The first kappa shape index (κ1) is 29.8. The Morgan fingerprint density at radius 3 is 2.25 bits per heavy atom. The monoisotopic (exact) mass is 526 g/mol. The standard InChI is InChI=1S/C25H39N2O8P/c1-25(2,3)35-24(30)27-15-13-19(14-16-27)11-12-21(22(28)18-36(31,32-4)33-5)26-23(29)34-17-20-9-7-6-8-10-20/h6-10,19,21H,11-18H2,1-5H3,(H,26,29)/t21-/m0/s1. The third-order valence-electron chi connectivity index (χ3n) is 5.93. The molecule has 0 unspecified atom stereocenters. The normalized spacial score (nSPS) is 15.8. The molecule has 0 saturated carbocycles. The van der Waals surface area contributed by atoms with Crippen LogP contribution in [-0.2, 0) is 34.5 Å².